The molecule has 3 heteroatoms. The lowest BCUT2D eigenvalue weighted by molar-refractivity contribution is 0.655. The molecule has 0 atom stereocenters. The lowest BCUT2D eigenvalue weighted by Crippen LogP contribution is -2.32. The van der Waals surface area contributed by atoms with E-state index in [1.807, 2.05) is 0 Å². The normalized spacial score (nSPS) is 14.8. The average Bonchev–Trinajstić information content (AvgIpc) is 3.26. The zero-order chi connectivity index (χ0) is 14.5. The molecule has 1 aliphatic rings. The summed E-state index contributed by atoms with van der Waals surface area (Å²) in [5.41, 5.74) is 2.58. The van der Waals surface area contributed by atoms with E-state index in [2.05, 4.69) is 50.0 Å². The van der Waals surface area contributed by atoms with Crippen LogP contribution in [-0.2, 0) is 13.0 Å². The number of nitrogens with zero attached hydrogens (tertiary/aromatic N) is 2. The van der Waals surface area contributed by atoms with E-state index >= 15 is 0 Å². The molecule has 1 aromatic rings. The number of anilines is 1. The van der Waals surface area contributed by atoms with Crippen molar-refractivity contribution in [2.45, 2.75) is 72.0 Å². The molecule has 0 radical (unpaired) electrons. The van der Waals surface area contributed by atoms with Crippen molar-refractivity contribution in [3.8, 4) is 0 Å². The Labute approximate surface area is 123 Å². The van der Waals surface area contributed by atoms with Crippen LogP contribution < -0.4 is 10.2 Å². The van der Waals surface area contributed by atoms with Crippen LogP contribution >= 0.6 is 0 Å². The predicted molar refractivity (Wildman–Crippen MR) is 86.2 cm³/mol. The topological polar surface area (TPSA) is 28.2 Å². The predicted octanol–water partition coefficient (Wildman–Crippen LogP) is 3.52. The molecule has 20 heavy (non-hydrogen) atoms. The van der Waals surface area contributed by atoms with Crippen LogP contribution in [0.3, 0.4) is 0 Å². The number of aromatic nitrogens is 1. The Hall–Kier alpha value is -1.09. The molecule has 0 unspecified atom stereocenters. The van der Waals surface area contributed by atoms with Crippen molar-refractivity contribution in [3.63, 3.8) is 0 Å². The van der Waals surface area contributed by atoms with Gasteiger partial charge in [0.15, 0.2) is 0 Å². The van der Waals surface area contributed by atoms with Gasteiger partial charge in [0, 0.05) is 30.9 Å². The van der Waals surface area contributed by atoms with Crippen LogP contribution in [0.5, 0.6) is 0 Å². The monoisotopic (exact) mass is 275 g/mol. The van der Waals surface area contributed by atoms with Gasteiger partial charge in [0.1, 0.15) is 5.82 Å². The molecular formula is C17H29N3. The van der Waals surface area contributed by atoms with Gasteiger partial charge in [-0.25, -0.2) is 4.98 Å². The first-order chi connectivity index (χ1) is 9.63. The fourth-order valence-corrected chi connectivity index (χ4v) is 2.49. The summed E-state index contributed by atoms with van der Waals surface area (Å²) < 4.78 is 0. The van der Waals surface area contributed by atoms with Gasteiger partial charge in [0.25, 0.3) is 0 Å². The molecule has 0 aromatic carbocycles. The Balaban J connectivity index is 2.17. The first-order valence-corrected chi connectivity index (χ1v) is 8.13. The molecule has 1 heterocycles. The van der Waals surface area contributed by atoms with E-state index in [9.17, 15) is 0 Å². The van der Waals surface area contributed by atoms with Gasteiger partial charge in [0.05, 0.1) is 0 Å². The van der Waals surface area contributed by atoms with Gasteiger partial charge < -0.3 is 10.2 Å². The molecular weight excluding hydrogens is 246 g/mol. The van der Waals surface area contributed by atoms with Gasteiger partial charge in [-0.3, -0.25) is 0 Å². The molecule has 0 spiro atoms. The van der Waals surface area contributed by atoms with Crippen molar-refractivity contribution < 1.29 is 0 Å². The summed E-state index contributed by atoms with van der Waals surface area (Å²) in [4.78, 5) is 7.25. The highest BCUT2D eigenvalue weighted by Crippen LogP contribution is 2.22. The lowest BCUT2D eigenvalue weighted by Gasteiger charge is -2.28. The molecule has 2 rings (SSSR count). The molecule has 3 nitrogen and oxygen atoms in total. The Morgan fingerprint density at radius 2 is 2.05 bits per heavy atom. The van der Waals surface area contributed by atoms with Gasteiger partial charge >= 0.3 is 0 Å². The van der Waals surface area contributed by atoms with Crippen LogP contribution in [0.4, 0.5) is 5.82 Å². The third-order valence-corrected chi connectivity index (χ3v) is 3.84. The summed E-state index contributed by atoms with van der Waals surface area (Å²) in [5.74, 6) is 1.15. The molecule has 112 valence electrons. The number of pyridine rings is 1. The molecule has 1 saturated carbocycles. The van der Waals surface area contributed by atoms with E-state index in [0.29, 0.717) is 6.04 Å². The zero-order valence-electron chi connectivity index (χ0n) is 13.4. The maximum atomic E-state index is 4.83. The molecule has 1 fully saturated rings. The fraction of sp³-hybridized carbons (Fsp3) is 0.706. The van der Waals surface area contributed by atoms with Crippen molar-refractivity contribution in [3.05, 3.63) is 23.4 Å². The second-order valence-electron chi connectivity index (χ2n) is 6.12. The summed E-state index contributed by atoms with van der Waals surface area (Å²) in [5, 5.41) is 3.61. The van der Waals surface area contributed by atoms with Crippen LogP contribution in [0.2, 0.25) is 0 Å². The second-order valence-corrected chi connectivity index (χ2v) is 6.12. The van der Waals surface area contributed by atoms with Gasteiger partial charge in [-0.1, -0.05) is 13.8 Å². The van der Waals surface area contributed by atoms with Gasteiger partial charge in [-0.05, 0) is 57.2 Å². The third kappa shape index (κ3) is 4.20. The Kier molecular flexibility index (Phi) is 5.41. The molecule has 0 bridgehead atoms. The fourth-order valence-electron chi connectivity index (χ4n) is 2.49. The summed E-state index contributed by atoms with van der Waals surface area (Å²) in [6, 6.07) is 5.78. The van der Waals surface area contributed by atoms with Crippen LogP contribution in [0.15, 0.2) is 12.1 Å². The standard InChI is InChI=1S/C17H29N3/c1-5-9-20(13(3)4)17-11-14(10-15(6-2)19-17)12-18-16-7-8-16/h10-11,13,16,18H,5-9,12H2,1-4H3. The minimum absolute atomic E-state index is 0.499. The van der Waals surface area contributed by atoms with Crippen molar-refractivity contribution >= 4 is 5.82 Å². The Morgan fingerprint density at radius 1 is 1.30 bits per heavy atom. The molecule has 1 N–H and O–H groups in total. The first-order valence-electron chi connectivity index (χ1n) is 8.13. The van der Waals surface area contributed by atoms with E-state index in [1.165, 1.54) is 24.1 Å². The van der Waals surface area contributed by atoms with Crippen molar-refractivity contribution in [1.82, 2.24) is 10.3 Å². The highest BCUT2D eigenvalue weighted by molar-refractivity contribution is 5.43. The van der Waals surface area contributed by atoms with Crippen molar-refractivity contribution in [1.29, 1.82) is 0 Å². The Bertz CT molecular complexity index is 424. The van der Waals surface area contributed by atoms with E-state index in [1.54, 1.807) is 0 Å². The van der Waals surface area contributed by atoms with Gasteiger partial charge in [0.2, 0.25) is 0 Å². The van der Waals surface area contributed by atoms with E-state index in [4.69, 9.17) is 4.98 Å². The average molecular weight is 275 g/mol. The number of nitrogens with one attached hydrogen (secondary N) is 1. The van der Waals surface area contributed by atoms with E-state index < -0.39 is 0 Å². The van der Waals surface area contributed by atoms with Gasteiger partial charge in [-0.15, -0.1) is 0 Å². The summed E-state index contributed by atoms with van der Waals surface area (Å²) >= 11 is 0. The number of rotatable bonds is 8. The summed E-state index contributed by atoms with van der Waals surface area (Å²) in [6.45, 7) is 11.0. The smallest absolute Gasteiger partial charge is 0.129 e. The maximum absolute atomic E-state index is 4.83. The molecule has 1 aliphatic carbocycles. The third-order valence-electron chi connectivity index (χ3n) is 3.84. The first kappa shape index (κ1) is 15.3. The lowest BCUT2D eigenvalue weighted by atomic mass is 10.1. The Morgan fingerprint density at radius 3 is 2.60 bits per heavy atom. The number of hydrogen-bond donors (Lipinski definition) is 1. The second kappa shape index (κ2) is 7.07. The van der Waals surface area contributed by atoms with Crippen LogP contribution in [0, 0.1) is 0 Å². The van der Waals surface area contributed by atoms with E-state index in [0.717, 1.165) is 37.8 Å². The number of aryl methyl sites for hydroxylation is 1. The number of hydrogen-bond acceptors (Lipinski definition) is 3. The summed E-state index contributed by atoms with van der Waals surface area (Å²) in [6.07, 6.45) is 4.84. The molecule has 0 amide bonds. The molecule has 0 saturated heterocycles. The zero-order valence-corrected chi connectivity index (χ0v) is 13.4. The van der Waals surface area contributed by atoms with Crippen LogP contribution in [-0.4, -0.2) is 23.6 Å². The maximum Gasteiger partial charge on any atom is 0.129 e. The van der Waals surface area contributed by atoms with Gasteiger partial charge in [-0.2, -0.15) is 0 Å². The summed E-state index contributed by atoms with van der Waals surface area (Å²) in [7, 11) is 0. The van der Waals surface area contributed by atoms with Crippen LogP contribution in [0.25, 0.3) is 0 Å². The highest BCUT2D eigenvalue weighted by Gasteiger charge is 2.20. The molecule has 0 aliphatic heterocycles. The van der Waals surface area contributed by atoms with Crippen LogP contribution in [0.1, 0.15) is 58.2 Å². The van der Waals surface area contributed by atoms with Crippen molar-refractivity contribution in [2.75, 3.05) is 11.4 Å². The highest BCUT2D eigenvalue weighted by atomic mass is 15.2. The SMILES string of the molecule is CCCN(c1cc(CNC2CC2)cc(CC)n1)C(C)C. The van der Waals surface area contributed by atoms with E-state index in [-0.39, 0.29) is 0 Å². The minimum Gasteiger partial charge on any atom is -0.354 e. The van der Waals surface area contributed by atoms with Crippen molar-refractivity contribution in [2.24, 2.45) is 0 Å². The largest absolute Gasteiger partial charge is 0.354 e. The molecule has 1 aromatic heterocycles. The quantitative estimate of drug-likeness (QED) is 0.787. The minimum atomic E-state index is 0.499.